The van der Waals surface area contributed by atoms with E-state index in [1.54, 1.807) is 6.07 Å². The zero-order chi connectivity index (χ0) is 14.7. The number of nitrogens with one attached hydrogen (secondary N) is 1. The molecule has 0 fully saturated rings. The number of ether oxygens (including phenoxy) is 2. The Hall–Kier alpha value is -2.90. The normalized spacial score (nSPS) is 13.9. The highest BCUT2D eigenvalue weighted by molar-refractivity contribution is 6.00. The molecule has 0 saturated carbocycles. The van der Waals surface area contributed by atoms with Crippen LogP contribution in [0.3, 0.4) is 0 Å². The highest BCUT2D eigenvalue weighted by atomic mass is 19.1. The Bertz CT molecular complexity index is 698. The lowest BCUT2D eigenvalue weighted by atomic mass is 10.2. The third-order valence-electron chi connectivity index (χ3n) is 2.59. The number of carbonyl (C=O) groups excluding carboxylic acids is 1. The van der Waals surface area contributed by atoms with Gasteiger partial charge in [-0.15, -0.1) is 5.10 Å². The first-order valence-electron chi connectivity index (χ1n) is 6.08. The minimum Gasteiger partial charge on any atom is -0.494 e. The molecular formula is C13H10FN3O4. The van der Waals surface area contributed by atoms with Gasteiger partial charge in [0, 0.05) is 5.56 Å². The molecule has 8 heteroatoms. The molecule has 1 N–H and O–H groups in total. The highest BCUT2D eigenvalue weighted by Gasteiger charge is 2.18. The summed E-state index contributed by atoms with van der Waals surface area (Å²) in [6, 6.07) is 5.57. The predicted molar refractivity (Wildman–Crippen MR) is 68.3 cm³/mol. The van der Waals surface area contributed by atoms with E-state index in [4.69, 9.17) is 13.9 Å². The van der Waals surface area contributed by atoms with Gasteiger partial charge in [-0.25, -0.2) is 4.39 Å². The Labute approximate surface area is 118 Å². The molecule has 3 rings (SSSR count). The lowest BCUT2D eigenvalue weighted by Crippen LogP contribution is -2.21. The van der Waals surface area contributed by atoms with Crippen LogP contribution < -0.4 is 5.32 Å². The third kappa shape index (κ3) is 2.99. The van der Waals surface area contributed by atoms with Crippen molar-refractivity contribution in [1.82, 2.24) is 10.2 Å². The molecule has 1 aliphatic rings. The molecule has 0 unspecified atom stereocenters. The second-order valence-corrected chi connectivity index (χ2v) is 4.08. The zero-order valence-corrected chi connectivity index (χ0v) is 10.7. The van der Waals surface area contributed by atoms with Crippen LogP contribution in [0.4, 0.5) is 10.4 Å². The Morgan fingerprint density at radius 1 is 1.29 bits per heavy atom. The van der Waals surface area contributed by atoms with Gasteiger partial charge in [-0.2, -0.15) is 0 Å². The van der Waals surface area contributed by atoms with Crippen LogP contribution in [-0.4, -0.2) is 29.3 Å². The summed E-state index contributed by atoms with van der Waals surface area (Å²) < 4.78 is 28.4. The average Bonchev–Trinajstić information content (AvgIpc) is 2.97. The van der Waals surface area contributed by atoms with Crippen LogP contribution in [0.25, 0.3) is 11.5 Å². The van der Waals surface area contributed by atoms with Gasteiger partial charge in [0.25, 0.3) is 5.91 Å². The predicted octanol–water partition coefficient (Wildman–Crippen LogP) is 1.70. The molecule has 0 bridgehead atoms. The molecule has 1 aliphatic heterocycles. The van der Waals surface area contributed by atoms with E-state index < -0.39 is 11.7 Å². The van der Waals surface area contributed by atoms with Gasteiger partial charge < -0.3 is 13.9 Å². The highest BCUT2D eigenvalue weighted by Crippen LogP contribution is 2.20. The molecular weight excluding hydrogens is 281 g/mol. The SMILES string of the molecule is O=C(Nc1nnc(-c2cccc(F)c2)o1)C1=COCCO1. The van der Waals surface area contributed by atoms with Gasteiger partial charge >= 0.3 is 6.01 Å². The van der Waals surface area contributed by atoms with Crippen molar-refractivity contribution < 1.29 is 23.1 Å². The molecule has 7 nitrogen and oxygen atoms in total. The van der Waals surface area contributed by atoms with Crippen molar-refractivity contribution in [3.8, 4) is 11.5 Å². The van der Waals surface area contributed by atoms with Crippen molar-refractivity contribution in [2.24, 2.45) is 0 Å². The van der Waals surface area contributed by atoms with Crippen molar-refractivity contribution in [3.63, 3.8) is 0 Å². The number of hydrogen-bond acceptors (Lipinski definition) is 6. The number of rotatable bonds is 3. The maximum atomic E-state index is 13.1. The van der Waals surface area contributed by atoms with E-state index in [1.807, 2.05) is 0 Å². The first-order chi connectivity index (χ1) is 10.2. The van der Waals surface area contributed by atoms with E-state index in [0.717, 1.165) is 0 Å². The lowest BCUT2D eigenvalue weighted by molar-refractivity contribution is -0.117. The quantitative estimate of drug-likeness (QED) is 0.926. The average molecular weight is 291 g/mol. The van der Waals surface area contributed by atoms with Crippen LogP contribution in [-0.2, 0) is 14.3 Å². The fourth-order valence-electron chi connectivity index (χ4n) is 1.66. The summed E-state index contributed by atoms with van der Waals surface area (Å²) in [7, 11) is 0. The molecule has 0 spiro atoms. The summed E-state index contributed by atoms with van der Waals surface area (Å²) in [5.74, 6) is -0.871. The van der Waals surface area contributed by atoms with Crippen molar-refractivity contribution in [2.45, 2.75) is 0 Å². The number of carbonyl (C=O) groups is 1. The van der Waals surface area contributed by atoms with Gasteiger partial charge in [-0.05, 0) is 18.2 Å². The van der Waals surface area contributed by atoms with Crippen LogP contribution in [0.1, 0.15) is 0 Å². The number of nitrogens with zero attached hydrogens (tertiary/aromatic N) is 2. The maximum absolute atomic E-state index is 13.1. The van der Waals surface area contributed by atoms with Crippen LogP contribution >= 0.6 is 0 Å². The van der Waals surface area contributed by atoms with E-state index in [0.29, 0.717) is 12.2 Å². The first kappa shape index (κ1) is 13.1. The number of aromatic nitrogens is 2. The van der Waals surface area contributed by atoms with Gasteiger partial charge in [0.2, 0.25) is 11.6 Å². The molecule has 21 heavy (non-hydrogen) atoms. The second kappa shape index (κ2) is 5.61. The Balaban J connectivity index is 1.73. The molecule has 0 atom stereocenters. The molecule has 2 heterocycles. The van der Waals surface area contributed by atoms with Crippen LogP contribution in [0.5, 0.6) is 0 Å². The van der Waals surface area contributed by atoms with E-state index in [2.05, 4.69) is 15.5 Å². The van der Waals surface area contributed by atoms with Crippen molar-refractivity contribution in [2.75, 3.05) is 18.5 Å². The topological polar surface area (TPSA) is 86.5 Å². The summed E-state index contributed by atoms with van der Waals surface area (Å²) in [5, 5.41) is 9.77. The zero-order valence-electron chi connectivity index (χ0n) is 10.7. The number of hydrogen-bond donors (Lipinski definition) is 1. The largest absolute Gasteiger partial charge is 0.494 e. The Morgan fingerprint density at radius 2 is 2.19 bits per heavy atom. The van der Waals surface area contributed by atoms with Gasteiger partial charge in [0.15, 0.2) is 0 Å². The van der Waals surface area contributed by atoms with Gasteiger partial charge in [-0.3, -0.25) is 10.1 Å². The number of benzene rings is 1. The fourth-order valence-corrected chi connectivity index (χ4v) is 1.66. The van der Waals surface area contributed by atoms with E-state index in [-0.39, 0.29) is 24.3 Å². The van der Waals surface area contributed by atoms with Gasteiger partial charge in [0.05, 0.1) is 0 Å². The number of amides is 1. The summed E-state index contributed by atoms with van der Waals surface area (Å²) >= 11 is 0. The van der Waals surface area contributed by atoms with Gasteiger partial charge in [-0.1, -0.05) is 11.2 Å². The molecule has 1 aromatic carbocycles. The van der Waals surface area contributed by atoms with E-state index >= 15 is 0 Å². The molecule has 0 aliphatic carbocycles. The maximum Gasteiger partial charge on any atom is 0.322 e. The molecule has 1 amide bonds. The monoisotopic (exact) mass is 291 g/mol. The molecule has 2 aromatic rings. The summed E-state index contributed by atoms with van der Waals surface area (Å²) in [6.07, 6.45) is 1.21. The van der Waals surface area contributed by atoms with Crippen molar-refractivity contribution in [3.05, 3.63) is 42.1 Å². The van der Waals surface area contributed by atoms with Gasteiger partial charge in [0.1, 0.15) is 25.3 Å². The second-order valence-electron chi connectivity index (χ2n) is 4.08. The Kier molecular flexibility index (Phi) is 3.50. The first-order valence-corrected chi connectivity index (χ1v) is 6.08. The van der Waals surface area contributed by atoms with E-state index in [9.17, 15) is 9.18 Å². The minimum atomic E-state index is -0.566. The fraction of sp³-hybridized carbons (Fsp3) is 0.154. The molecule has 108 valence electrons. The number of halogens is 1. The standard InChI is InChI=1S/C13H10FN3O4/c14-9-3-1-2-8(6-9)12-16-17-13(21-12)15-11(18)10-7-19-4-5-20-10/h1-3,6-7H,4-5H2,(H,15,17,18). The van der Waals surface area contributed by atoms with E-state index in [1.165, 1.54) is 24.5 Å². The van der Waals surface area contributed by atoms with Crippen molar-refractivity contribution in [1.29, 1.82) is 0 Å². The van der Waals surface area contributed by atoms with Crippen LogP contribution in [0.15, 0.2) is 40.7 Å². The third-order valence-corrected chi connectivity index (χ3v) is 2.59. The summed E-state index contributed by atoms with van der Waals surface area (Å²) in [6.45, 7) is 0.679. The molecule has 0 radical (unpaired) electrons. The van der Waals surface area contributed by atoms with Crippen molar-refractivity contribution >= 4 is 11.9 Å². The summed E-state index contributed by atoms with van der Waals surface area (Å²) in [5.41, 5.74) is 0.416. The number of anilines is 1. The molecule has 0 saturated heterocycles. The summed E-state index contributed by atoms with van der Waals surface area (Å²) in [4.78, 5) is 11.8. The lowest BCUT2D eigenvalue weighted by Gasteiger charge is -2.13. The Morgan fingerprint density at radius 3 is 2.95 bits per heavy atom. The van der Waals surface area contributed by atoms with Crippen LogP contribution in [0.2, 0.25) is 0 Å². The van der Waals surface area contributed by atoms with Crippen LogP contribution in [0, 0.1) is 5.82 Å². The smallest absolute Gasteiger partial charge is 0.322 e. The molecule has 1 aromatic heterocycles. The minimum absolute atomic E-state index is 0.0201.